The van der Waals surface area contributed by atoms with Crippen LogP contribution in [0, 0.1) is 5.92 Å². The third kappa shape index (κ3) is 3.12. The first-order chi connectivity index (χ1) is 9.76. The number of rotatable bonds is 4. The lowest BCUT2D eigenvalue weighted by molar-refractivity contribution is 0.0631. The van der Waals surface area contributed by atoms with E-state index in [0.717, 1.165) is 43.4 Å². The number of carbonyl (C=O) groups is 1. The molecule has 3 rings (SSSR count). The van der Waals surface area contributed by atoms with Crippen LogP contribution in [0.5, 0.6) is 5.75 Å². The first kappa shape index (κ1) is 13.4. The largest absolute Gasteiger partial charge is 0.497 e. The molecule has 4 nitrogen and oxygen atoms in total. The van der Waals surface area contributed by atoms with Crippen LogP contribution in [0.3, 0.4) is 0 Å². The maximum absolute atomic E-state index is 12.5. The van der Waals surface area contributed by atoms with Gasteiger partial charge in [0.2, 0.25) is 0 Å². The SMILES string of the molecule is COc1cccc(C(=O)N2CCN(CC3CC3)CC2)c1. The van der Waals surface area contributed by atoms with Crippen molar-refractivity contribution >= 4 is 5.91 Å². The number of benzene rings is 1. The molecule has 0 aromatic heterocycles. The molecule has 4 heteroatoms. The summed E-state index contributed by atoms with van der Waals surface area (Å²) < 4.78 is 5.18. The molecule has 0 radical (unpaired) electrons. The fourth-order valence-electron chi connectivity index (χ4n) is 2.74. The van der Waals surface area contributed by atoms with Crippen LogP contribution >= 0.6 is 0 Å². The fraction of sp³-hybridized carbons (Fsp3) is 0.562. The summed E-state index contributed by atoms with van der Waals surface area (Å²) in [4.78, 5) is 16.9. The van der Waals surface area contributed by atoms with E-state index in [9.17, 15) is 4.79 Å². The lowest BCUT2D eigenvalue weighted by Crippen LogP contribution is -2.49. The molecule has 2 aliphatic rings. The number of amides is 1. The van der Waals surface area contributed by atoms with E-state index >= 15 is 0 Å². The number of hydrogen-bond acceptors (Lipinski definition) is 3. The van der Waals surface area contributed by atoms with Crippen molar-refractivity contribution < 1.29 is 9.53 Å². The maximum Gasteiger partial charge on any atom is 0.254 e. The molecular weight excluding hydrogens is 252 g/mol. The van der Waals surface area contributed by atoms with E-state index in [4.69, 9.17) is 4.74 Å². The van der Waals surface area contributed by atoms with Gasteiger partial charge < -0.3 is 9.64 Å². The minimum atomic E-state index is 0.120. The number of ether oxygens (including phenoxy) is 1. The molecule has 0 spiro atoms. The van der Waals surface area contributed by atoms with E-state index in [2.05, 4.69) is 4.90 Å². The Hall–Kier alpha value is -1.55. The van der Waals surface area contributed by atoms with Crippen LogP contribution in [0.15, 0.2) is 24.3 Å². The lowest BCUT2D eigenvalue weighted by Gasteiger charge is -2.34. The molecule has 1 aliphatic heterocycles. The van der Waals surface area contributed by atoms with Gasteiger partial charge >= 0.3 is 0 Å². The summed E-state index contributed by atoms with van der Waals surface area (Å²) in [5, 5.41) is 0. The van der Waals surface area contributed by atoms with Crippen molar-refractivity contribution in [2.45, 2.75) is 12.8 Å². The summed E-state index contributed by atoms with van der Waals surface area (Å²) in [6.45, 7) is 4.91. The summed E-state index contributed by atoms with van der Waals surface area (Å²) in [6, 6.07) is 7.42. The van der Waals surface area contributed by atoms with Crippen LogP contribution in [0.2, 0.25) is 0 Å². The van der Waals surface area contributed by atoms with Gasteiger partial charge in [-0.1, -0.05) is 6.07 Å². The molecule has 0 bridgehead atoms. The maximum atomic E-state index is 12.5. The molecule has 108 valence electrons. The molecule has 0 N–H and O–H groups in total. The molecule has 1 aromatic carbocycles. The monoisotopic (exact) mass is 274 g/mol. The van der Waals surface area contributed by atoms with Crippen molar-refractivity contribution in [2.75, 3.05) is 39.8 Å². The number of hydrogen-bond donors (Lipinski definition) is 0. The molecule has 2 fully saturated rings. The molecule has 0 unspecified atom stereocenters. The van der Waals surface area contributed by atoms with Gasteiger partial charge in [0, 0.05) is 38.3 Å². The van der Waals surface area contributed by atoms with E-state index in [1.165, 1.54) is 19.4 Å². The standard InChI is InChI=1S/C16H22N2O2/c1-20-15-4-2-3-14(11-15)16(19)18-9-7-17(8-10-18)12-13-5-6-13/h2-4,11,13H,5-10,12H2,1H3. The summed E-state index contributed by atoms with van der Waals surface area (Å²) in [5.74, 6) is 1.79. The van der Waals surface area contributed by atoms with Crippen LogP contribution in [0.4, 0.5) is 0 Å². The van der Waals surface area contributed by atoms with Crippen LogP contribution in [-0.2, 0) is 0 Å². The minimum absolute atomic E-state index is 0.120. The lowest BCUT2D eigenvalue weighted by atomic mass is 10.1. The molecule has 0 atom stereocenters. The summed E-state index contributed by atoms with van der Waals surface area (Å²) in [7, 11) is 1.63. The van der Waals surface area contributed by atoms with Gasteiger partial charge in [0.15, 0.2) is 0 Å². The van der Waals surface area contributed by atoms with Crippen molar-refractivity contribution in [3.05, 3.63) is 29.8 Å². The summed E-state index contributed by atoms with van der Waals surface area (Å²) in [6.07, 6.45) is 2.78. The number of piperazine rings is 1. The highest BCUT2D eigenvalue weighted by Crippen LogP contribution is 2.30. The van der Waals surface area contributed by atoms with Gasteiger partial charge in [0.1, 0.15) is 5.75 Å². The number of methoxy groups -OCH3 is 1. The molecule has 1 heterocycles. The van der Waals surface area contributed by atoms with Crippen LogP contribution in [0.25, 0.3) is 0 Å². The van der Waals surface area contributed by atoms with Crippen molar-refractivity contribution in [3.63, 3.8) is 0 Å². The predicted octanol–water partition coefficient (Wildman–Crippen LogP) is 1.86. The molecule has 1 aliphatic carbocycles. The topological polar surface area (TPSA) is 32.8 Å². The van der Waals surface area contributed by atoms with Crippen molar-refractivity contribution in [1.82, 2.24) is 9.80 Å². The average Bonchev–Trinajstić information content (AvgIpc) is 3.31. The Morgan fingerprint density at radius 3 is 2.65 bits per heavy atom. The zero-order valence-corrected chi connectivity index (χ0v) is 12.0. The van der Waals surface area contributed by atoms with Gasteiger partial charge in [-0.3, -0.25) is 9.69 Å². The zero-order chi connectivity index (χ0) is 13.9. The summed E-state index contributed by atoms with van der Waals surface area (Å²) in [5.41, 5.74) is 0.722. The van der Waals surface area contributed by atoms with Gasteiger partial charge in [-0.15, -0.1) is 0 Å². The van der Waals surface area contributed by atoms with Gasteiger partial charge in [0.05, 0.1) is 7.11 Å². The van der Waals surface area contributed by atoms with E-state index < -0.39 is 0 Å². The van der Waals surface area contributed by atoms with Crippen LogP contribution < -0.4 is 4.74 Å². The van der Waals surface area contributed by atoms with E-state index in [1.54, 1.807) is 7.11 Å². The fourth-order valence-corrected chi connectivity index (χ4v) is 2.74. The van der Waals surface area contributed by atoms with E-state index in [1.807, 2.05) is 29.2 Å². The van der Waals surface area contributed by atoms with Crippen molar-refractivity contribution in [1.29, 1.82) is 0 Å². The van der Waals surface area contributed by atoms with E-state index in [-0.39, 0.29) is 5.91 Å². The highest BCUT2D eigenvalue weighted by atomic mass is 16.5. The van der Waals surface area contributed by atoms with Crippen molar-refractivity contribution in [2.24, 2.45) is 5.92 Å². The van der Waals surface area contributed by atoms with Crippen LogP contribution in [0.1, 0.15) is 23.2 Å². The zero-order valence-electron chi connectivity index (χ0n) is 12.0. The van der Waals surface area contributed by atoms with E-state index in [0.29, 0.717) is 0 Å². The Morgan fingerprint density at radius 1 is 1.25 bits per heavy atom. The molecule has 1 saturated heterocycles. The van der Waals surface area contributed by atoms with Gasteiger partial charge in [-0.05, 0) is 37.0 Å². The number of carbonyl (C=O) groups excluding carboxylic acids is 1. The molecule has 1 aromatic rings. The minimum Gasteiger partial charge on any atom is -0.497 e. The second-order valence-corrected chi connectivity index (χ2v) is 5.77. The number of nitrogens with zero attached hydrogens (tertiary/aromatic N) is 2. The highest BCUT2D eigenvalue weighted by molar-refractivity contribution is 5.94. The third-order valence-corrected chi connectivity index (χ3v) is 4.19. The normalized spacial score (nSPS) is 19.9. The predicted molar refractivity (Wildman–Crippen MR) is 78.1 cm³/mol. The van der Waals surface area contributed by atoms with Crippen molar-refractivity contribution in [3.8, 4) is 5.75 Å². The van der Waals surface area contributed by atoms with Gasteiger partial charge in [-0.2, -0.15) is 0 Å². The molecule has 1 saturated carbocycles. The Balaban J connectivity index is 1.57. The Kier molecular flexibility index (Phi) is 3.92. The third-order valence-electron chi connectivity index (χ3n) is 4.19. The average molecular weight is 274 g/mol. The smallest absolute Gasteiger partial charge is 0.254 e. The molecule has 1 amide bonds. The first-order valence-electron chi connectivity index (χ1n) is 7.42. The highest BCUT2D eigenvalue weighted by Gasteiger charge is 2.27. The molecule has 20 heavy (non-hydrogen) atoms. The van der Waals surface area contributed by atoms with Crippen LogP contribution in [-0.4, -0.2) is 55.5 Å². The van der Waals surface area contributed by atoms with Gasteiger partial charge in [-0.25, -0.2) is 0 Å². The Morgan fingerprint density at radius 2 is 2.00 bits per heavy atom. The summed E-state index contributed by atoms with van der Waals surface area (Å²) >= 11 is 0. The second kappa shape index (κ2) is 5.83. The second-order valence-electron chi connectivity index (χ2n) is 5.77. The molecular formula is C16H22N2O2. The first-order valence-corrected chi connectivity index (χ1v) is 7.42. The Bertz CT molecular complexity index is 477. The van der Waals surface area contributed by atoms with Gasteiger partial charge in [0.25, 0.3) is 5.91 Å². The quantitative estimate of drug-likeness (QED) is 0.840. The Labute approximate surface area is 120 Å².